The summed E-state index contributed by atoms with van der Waals surface area (Å²) < 4.78 is 2.01. The van der Waals surface area contributed by atoms with E-state index in [0.29, 0.717) is 6.42 Å². The lowest BCUT2D eigenvalue weighted by Gasteiger charge is -2.30. The van der Waals surface area contributed by atoms with E-state index in [-0.39, 0.29) is 17.6 Å². The highest BCUT2D eigenvalue weighted by atomic mass is 16.2. The van der Waals surface area contributed by atoms with E-state index >= 15 is 0 Å². The highest BCUT2D eigenvalue weighted by Gasteiger charge is 2.26. The SMILES string of the molecule is CC(C)C(=O)Cc1ccc2c(c1)CCCN2C(=O)c1cn(C)c2ccccc12. The first-order chi connectivity index (χ1) is 13.5. The Morgan fingerprint density at radius 3 is 2.68 bits per heavy atom. The fourth-order valence-corrected chi connectivity index (χ4v) is 4.03. The topological polar surface area (TPSA) is 42.3 Å². The number of fused-ring (bicyclic) bond motifs is 2. The summed E-state index contributed by atoms with van der Waals surface area (Å²) >= 11 is 0. The number of hydrogen-bond donors (Lipinski definition) is 0. The first-order valence-electron chi connectivity index (χ1n) is 9.96. The molecule has 0 atom stereocenters. The second kappa shape index (κ2) is 7.27. The third-order valence-corrected chi connectivity index (χ3v) is 5.66. The molecule has 0 spiro atoms. The lowest BCUT2D eigenvalue weighted by atomic mass is 9.95. The first kappa shape index (κ1) is 18.5. The number of benzene rings is 2. The Hall–Kier alpha value is -2.88. The number of aryl methyl sites for hydroxylation is 2. The van der Waals surface area contributed by atoms with Gasteiger partial charge in [-0.1, -0.05) is 44.2 Å². The summed E-state index contributed by atoms with van der Waals surface area (Å²) in [7, 11) is 1.97. The fourth-order valence-electron chi connectivity index (χ4n) is 4.03. The minimum absolute atomic E-state index is 0.0421. The molecule has 2 aromatic carbocycles. The number of para-hydroxylation sites is 1. The van der Waals surface area contributed by atoms with Crippen molar-refractivity contribution in [2.24, 2.45) is 13.0 Å². The average Bonchev–Trinajstić information content (AvgIpc) is 3.03. The molecule has 4 rings (SSSR count). The van der Waals surface area contributed by atoms with Crippen LogP contribution < -0.4 is 4.90 Å². The molecule has 4 heteroatoms. The number of anilines is 1. The molecule has 1 amide bonds. The monoisotopic (exact) mass is 374 g/mol. The van der Waals surface area contributed by atoms with Crippen LogP contribution in [0.15, 0.2) is 48.7 Å². The van der Waals surface area contributed by atoms with E-state index in [4.69, 9.17) is 0 Å². The normalized spacial score (nSPS) is 13.8. The van der Waals surface area contributed by atoms with Gasteiger partial charge in [-0.25, -0.2) is 0 Å². The van der Waals surface area contributed by atoms with Crippen LogP contribution in [0.1, 0.15) is 41.8 Å². The van der Waals surface area contributed by atoms with Crippen LogP contribution >= 0.6 is 0 Å². The predicted octanol–water partition coefficient (Wildman–Crippen LogP) is 4.54. The van der Waals surface area contributed by atoms with E-state index in [1.165, 1.54) is 0 Å². The Bertz CT molecular complexity index is 1060. The van der Waals surface area contributed by atoms with Gasteiger partial charge in [-0.3, -0.25) is 9.59 Å². The maximum Gasteiger partial charge on any atom is 0.260 e. The molecule has 0 aliphatic carbocycles. The van der Waals surface area contributed by atoms with Gasteiger partial charge in [0.15, 0.2) is 0 Å². The van der Waals surface area contributed by atoms with Gasteiger partial charge in [0.05, 0.1) is 5.56 Å². The van der Waals surface area contributed by atoms with Crippen molar-refractivity contribution in [3.63, 3.8) is 0 Å². The van der Waals surface area contributed by atoms with Gasteiger partial charge in [-0.15, -0.1) is 0 Å². The molecule has 0 radical (unpaired) electrons. The van der Waals surface area contributed by atoms with E-state index < -0.39 is 0 Å². The van der Waals surface area contributed by atoms with Crippen LogP contribution in [0.2, 0.25) is 0 Å². The van der Waals surface area contributed by atoms with E-state index in [9.17, 15) is 9.59 Å². The largest absolute Gasteiger partial charge is 0.350 e. The van der Waals surface area contributed by atoms with Crippen molar-refractivity contribution in [2.45, 2.75) is 33.1 Å². The van der Waals surface area contributed by atoms with E-state index in [2.05, 4.69) is 6.07 Å². The summed E-state index contributed by atoms with van der Waals surface area (Å²) in [5.41, 5.74) is 4.98. The molecular formula is C24H26N2O2. The van der Waals surface area contributed by atoms with Gasteiger partial charge in [-0.05, 0) is 36.1 Å². The number of hydrogen-bond acceptors (Lipinski definition) is 2. The minimum Gasteiger partial charge on any atom is -0.350 e. The second-order valence-corrected chi connectivity index (χ2v) is 7.99. The zero-order chi connectivity index (χ0) is 19.8. The molecule has 28 heavy (non-hydrogen) atoms. The molecule has 1 aliphatic heterocycles. The Labute approximate surface area is 165 Å². The van der Waals surface area contributed by atoms with E-state index in [1.54, 1.807) is 0 Å². The lowest BCUT2D eigenvalue weighted by molar-refractivity contribution is -0.121. The van der Waals surface area contributed by atoms with E-state index in [0.717, 1.165) is 52.7 Å². The molecule has 144 valence electrons. The number of carbonyl (C=O) groups is 2. The van der Waals surface area contributed by atoms with Crippen LogP contribution in [-0.2, 0) is 24.7 Å². The number of Topliss-reactive ketones (excluding diaryl/α,β-unsaturated/α-hetero) is 1. The third kappa shape index (κ3) is 3.24. The average molecular weight is 374 g/mol. The molecule has 1 aliphatic rings. The summed E-state index contributed by atoms with van der Waals surface area (Å²) in [5, 5.41) is 0.987. The van der Waals surface area contributed by atoms with Crippen molar-refractivity contribution < 1.29 is 9.59 Å². The molecule has 4 nitrogen and oxygen atoms in total. The highest BCUT2D eigenvalue weighted by molar-refractivity contribution is 6.14. The van der Waals surface area contributed by atoms with Crippen molar-refractivity contribution in [3.8, 4) is 0 Å². The van der Waals surface area contributed by atoms with Crippen molar-refractivity contribution in [1.29, 1.82) is 0 Å². The van der Waals surface area contributed by atoms with Gasteiger partial charge in [-0.2, -0.15) is 0 Å². The van der Waals surface area contributed by atoms with Gasteiger partial charge in [0.25, 0.3) is 5.91 Å². The second-order valence-electron chi connectivity index (χ2n) is 7.99. The molecule has 0 saturated carbocycles. The molecule has 0 N–H and O–H groups in total. The predicted molar refractivity (Wildman–Crippen MR) is 113 cm³/mol. The van der Waals surface area contributed by atoms with Gasteiger partial charge < -0.3 is 9.47 Å². The number of amides is 1. The Kier molecular flexibility index (Phi) is 4.80. The summed E-state index contributed by atoms with van der Waals surface area (Å²) in [6.45, 7) is 4.59. The molecule has 1 aromatic heterocycles. The van der Waals surface area contributed by atoms with Crippen LogP contribution in [0.5, 0.6) is 0 Å². The molecule has 0 unspecified atom stereocenters. The zero-order valence-corrected chi connectivity index (χ0v) is 16.7. The van der Waals surface area contributed by atoms with Gasteiger partial charge in [0.1, 0.15) is 5.78 Å². The summed E-state index contributed by atoms with van der Waals surface area (Å²) in [5.74, 6) is 0.337. The zero-order valence-electron chi connectivity index (χ0n) is 16.7. The fraction of sp³-hybridized carbons (Fsp3) is 0.333. The minimum atomic E-state index is 0.0421. The molecule has 3 aromatic rings. The Balaban J connectivity index is 1.67. The van der Waals surface area contributed by atoms with Gasteiger partial charge >= 0.3 is 0 Å². The van der Waals surface area contributed by atoms with Crippen LogP contribution in [-0.4, -0.2) is 22.8 Å². The van der Waals surface area contributed by atoms with Gasteiger partial charge in [0, 0.05) is 48.7 Å². The number of nitrogens with zero attached hydrogens (tertiary/aromatic N) is 2. The van der Waals surface area contributed by atoms with Crippen LogP contribution in [0.4, 0.5) is 5.69 Å². The molecule has 2 heterocycles. The first-order valence-corrected chi connectivity index (χ1v) is 9.96. The Morgan fingerprint density at radius 2 is 1.89 bits per heavy atom. The summed E-state index contributed by atoms with van der Waals surface area (Å²) in [6, 6.07) is 14.1. The summed E-state index contributed by atoms with van der Waals surface area (Å²) in [4.78, 5) is 27.4. The Morgan fingerprint density at radius 1 is 1.11 bits per heavy atom. The molecule has 0 fully saturated rings. The van der Waals surface area contributed by atoms with Crippen LogP contribution in [0, 0.1) is 5.92 Å². The molecule has 0 saturated heterocycles. The highest BCUT2D eigenvalue weighted by Crippen LogP contribution is 2.31. The number of aromatic nitrogens is 1. The lowest BCUT2D eigenvalue weighted by Crippen LogP contribution is -2.35. The van der Waals surface area contributed by atoms with Crippen molar-refractivity contribution >= 4 is 28.3 Å². The maximum absolute atomic E-state index is 13.4. The van der Waals surface area contributed by atoms with Crippen molar-refractivity contribution in [3.05, 3.63) is 65.4 Å². The standard InChI is InChI=1S/C24H26N2O2/c1-16(2)23(27)14-17-10-11-21-18(13-17)7-6-12-26(21)24(28)20-15-25(3)22-9-5-4-8-19(20)22/h4-5,8-11,13,15-16H,6-7,12,14H2,1-3H3. The summed E-state index contributed by atoms with van der Waals surface area (Å²) in [6.07, 6.45) is 4.27. The number of rotatable bonds is 4. The molecule has 0 bridgehead atoms. The quantitative estimate of drug-likeness (QED) is 0.673. The maximum atomic E-state index is 13.4. The van der Waals surface area contributed by atoms with Crippen LogP contribution in [0.3, 0.4) is 0 Å². The van der Waals surface area contributed by atoms with Gasteiger partial charge in [0.2, 0.25) is 0 Å². The van der Waals surface area contributed by atoms with Crippen LogP contribution in [0.25, 0.3) is 10.9 Å². The van der Waals surface area contributed by atoms with Crippen molar-refractivity contribution in [1.82, 2.24) is 4.57 Å². The number of carbonyl (C=O) groups excluding carboxylic acids is 2. The smallest absolute Gasteiger partial charge is 0.260 e. The third-order valence-electron chi connectivity index (χ3n) is 5.66. The van der Waals surface area contributed by atoms with E-state index in [1.807, 2.05) is 73.0 Å². The number of ketones is 1. The molecular weight excluding hydrogens is 348 g/mol. The van der Waals surface area contributed by atoms with Crippen molar-refractivity contribution in [2.75, 3.05) is 11.4 Å².